The number of benzene rings is 3. The minimum absolute atomic E-state index is 0.262. The number of ether oxygens (including phenoxy) is 1. The number of carbonyl (C=O) groups is 1. The van der Waals surface area contributed by atoms with Gasteiger partial charge in [0.05, 0.1) is 18.5 Å². The Hall–Kier alpha value is -3.06. The van der Waals surface area contributed by atoms with E-state index in [0.29, 0.717) is 5.69 Å². The van der Waals surface area contributed by atoms with Crippen LogP contribution in [0.5, 0.6) is 5.75 Å². The van der Waals surface area contributed by atoms with Crippen molar-refractivity contribution in [3.8, 4) is 5.75 Å². The van der Waals surface area contributed by atoms with Crippen LogP contribution in [0.15, 0.2) is 66.7 Å². The van der Waals surface area contributed by atoms with Crippen LogP contribution in [0, 0.1) is 6.92 Å². The van der Waals surface area contributed by atoms with Crippen LogP contribution >= 0.6 is 0 Å². The maximum absolute atomic E-state index is 12.6. The molecule has 0 saturated carbocycles. The van der Waals surface area contributed by atoms with Crippen LogP contribution < -0.4 is 14.4 Å². The van der Waals surface area contributed by atoms with Gasteiger partial charge in [-0.15, -0.1) is 0 Å². The predicted molar refractivity (Wildman–Crippen MR) is 120 cm³/mol. The van der Waals surface area contributed by atoms with Crippen molar-refractivity contribution < 1.29 is 17.9 Å². The quantitative estimate of drug-likeness (QED) is 0.560. The van der Waals surface area contributed by atoms with E-state index in [4.69, 9.17) is 4.74 Å². The minimum Gasteiger partial charge on any atom is -0.491 e. The van der Waals surface area contributed by atoms with E-state index in [1.165, 1.54) is 0 Å². The molecule has 3 aromatic carbocycles. The highest BCUT2D eigenvalue weighted by molar-refractivity contribution is 7.92. The van der Waals surface area contributed by atoms with E-state index in [1.807, 2.05) is 61.5 Å². The molecule has 158 valence electrons. The van der Waals surface area contributed by atoms with E-state index in [9.17, 15) is 13.2 Å². The van der Waals surface area contributed by atoms with Crippen molar-refractivity contribution in [3.05, 3.63) is 72.3 Å². The molecule has 0 fully saturated rings. The van der Waals surface area contributed by atoms with Crippen LogP contribution in [0.25, 0.3) is 10.8 Å². The van der Waals surface area contributed by atoms with Crippen molar-refractivity contribution in [1.82, 2.24) is 5.32 Å². The SMILES string of the molecule is Cc1ccc(N([C@@H](C)C(=O)NCCOc2cccc3ccccc23)S(C)(=O)=O)cc1. The number of sulfonamides is 1. The summed E-state index contributed by atoms with van der Waals surface area (Å²) >= 11 is 0. The molecule has 3 rings (SSSR count). The molecular weight excluding hydrogens is 400 g/mol. The standard InChI is InChI=1S/C23H26N2O4S/c1-17-11-13-20(14-12-17)25(30(3,27)28)18(2)23(26)24-15-16-29-22-10-6-8-19-7-4-5-9-21(19)22/h4-14,18H,15-16H2,1-3H3,(H,24,26)/t18-/m0/s1. The van der Waals surface area contributed by atoms with Gasteiger partial charge >= 0.3 is 0 Å². The number of anilines is 1. The third-order valence-corrected chi connectivity index (χ3v) is 6.03. The molecule has 0 unspecified atom stereocenters. The monoisotopic (exact) mass is 426 g/mol. The first-order valence-corrected chi connectivity index (χ1v) is 11.6. The number of nitrogens with one attached hydrogen (secondary N) is 1. The lowest BCUT2D eigenvalue weighted by molar-refractivity contribution is -0.121. The number of fused-ring (bicyclic) bond motifs is 1. The highest BCUT2D eigenvalue weighted by atomic mass is 32.2. The van der Waals surface area contributed by atoms with Crippen LogP contribution in [0.4, 0.5) is 5.69 Å². The Morgan fingerprint density at radius 2 is 1.70 bits per heavy atom. The Morgan fingerprint density at radius 1 is 1.03 bits per heavy atom. The smallest absolute Gasteiger partial charge is 0.243 e. The summed E-state index contributed by atoms with van der Waals surface area (Å²) in [6.45, 7) is 4.02. The molecule has 0 aromatic heterocycles. The van der Waals surface area contributed by atoms with E-state index in [2.05, 4.69) is 5.32 Å². The summed E-state index contributed by atoms with van der Waals surface area (Å²) in [7, 11) is -3.63. The Kier molecular flexibility index (Phi) is 6.62. The van der Waals surface area contributed by atoms with Gasteiger partial charge in [0, 0.05) is 5.39 Å². The van der Waals surface area contributed by atoms with E-state index in [-0.39, 0.29) is 19.1 Å². The highest BCUT2D eigenvalue weighted by Gasteiger charge is 2.28. The van der Waals surface area contributed by atoms with Crippen molar-refractivity contribution in [3.63, 3.8) is 0 Å². The Morgan fingerprint density at radius 3 is 2.40 bits per heavy atom. The number of aryl methyl sites for hydroxylation is 1. The van der Waals surface area contributed by atoms with Gasteiger partial charge in [0.2, 0.25) is 15.9 Å². The van der Waals surface area contributed by atoms with Gasteiger partial charge in [-0.05, 0) is 37.4 Å². The zero-order valence-electron chi connectivity index (χ0n) is 17.3. The van der Waals surface area contributed by atoms with Gasteiger partial charge in [-0.2, -0.15) is 0 Å². The van der Waals surface area contributed by atoms with Crippen molar-refractivity contribution in [2.45, 2.75) is 19.9 Å². The van der Waals surface area contributed by atoms with Gasteiger partial charge in [-0.3, -0.25) is 9.10 Å². The number of carbonyl (C=O) groups excluding carboxylic acids is 1. The number of nitrogens with zero attached hydrogens (tertiary/aromatic N) is 1. The van der Waals surface area contributed by atoms with E-state index in [1.54, 1.807) is 19.1 Å². The van der Waals surface area contributed by atoms with Crippen LogP contribution in [-0.2, 0) is 14.8 Å². The maximum Gasteiger partial charge on any atom is 0.243 e. The molecule has 0 saturated heterocycles. The number of rotatable bonds is 8. The highest BCUT2D eigenvalue weighted by Crippen LogP contribution is 2.25. The average molecular weight is 427 g/mol. The van der Waals surface area contributed by atoms with Crippen LogP contribution in [0.2, 0.25) is 0 Å². The molecule has 0 heterocycles. The lowest BCUT2D eigenvalue weighted by Gasteiger charge is -2.28. The molecule has 6 nitrogen and oxygen atoms in total. The molecule has 1 atom stereocenters. The van der Waals surface area contributed by atoms with Gasteiger partial charge in [0.15, 0.2) is 0 Å². The molecular formula is C23H26N2O4S. The van der Waals surface area contributed by atoms with Crippen LogP contribution in [-0.4, -0.2) is 39.8 Å². The van der Waals surface area contributed by atoms with Crippen molar-refractivity contribution >= 4 is 32.4 Å². The zero-order chi connectivity index (χ0) is 21.7. The van der Waals surface area contributed by atoms with Crippen LogP contribution in [0.3, 0.4) is 0 Å². The average Bonchev–Trinajstić information content (AvgIpc) is 2.71. The molecule has 0 spiro atoms. The predicted octanol–water partition coefficient (Wildman–Crippen LogP) is 3.50. The van der Waals surface area contributed by atoms with Crippen molar-refractivity contribution in [2.75, 3.05) is 23.7 Å². The Bertz CT molecular complexity index is 1120. The molecule has 0 aliphatic carbocycles. The molecule has 0 aliphatic heterocycles. The summed E-state index contributed by atoms with van der Waals surface area (Å²) in [6.07, 6.45) is 1.10. The largest absolute Gasteiger partial charge is 0.491 e. The summed E-state index contributed by atoms with van der Waals surface area (Å²) in [4.78, 5) is 12.6. The molecule has 0 radical (unpaired) electrons. The third kappa shape index (κ3) is 5.10. The van der Waals surface area contributed by atoms with Gasteiger partial charge in [0.25, 0.3) is 0 Å². The maximum atomic E-state index is 12.6. The second kappa shape index (κ2) is 9.17. The fourth-order valence-electron chi connectivity index (χ4n) is 3.30. The number of hydrogen-bond donors (Lipinski definition) is 1. The summed E-state index contributed by atoms with van der Waals surface area (Å²) in [5, 5.41) is 4.84. The fourth-order valence-corrected chi connectivity index (χ4v) is 4.48. The molecule has 1 amide bonds. The normalized spacial score (nSPS) is 12.4. The number of hydrogen-bond acceptors (Lipinski definition) is 4. The Balaban J connectivity index is 1.62. The van der Waals surface area contributed by atoms with Crippen molar-refractivity contribution in [2.24, 2.45) is 0 Å². The molecule has 7 heteroatoms. The lowest BCUT2D eigenvalue weighted by atomic mass is 10.1. The van der Waals surface area contributed by atoms with Gasteiger partial charge < -0.3 is 10.1 Å². The molecule has 0 aliphatic rings. The number of amides is 1. The first-order chi connectivity index (χ1) is 14.3. The van der Waals surface area contributed by atoms with Crippen LogP contribution in [0.1, 0.15) is 12.5 Å². The topological polar surface area (TPSA) is 75.7 Å². The van der Waals surface area contributed by atoms with E-state index >= 15 is 0 Å². The van der Waals surface area contributed by atoms with E-state index in [0.717, 1.165) is 32.6 Å². The lowest BCUT2D eigenvalue weighted by Crippen LogP contribution is -2.48. The zero-order valence-corrected chi connectivity index (χ0v) is 18.1. The minimum atomic E-state index is -3.63. The second-order valence-corrected chi connectivity index (χ2v) is 9.05. The van der Waals surface area contributed by atoms with Gasteiger partial charge in [-0.25, -0.2) is 8.42 Å². The first kappa shape index (κ1) is 21.6. The molecule has 1 N–H and O–H groups in total. The molecule has 3 aromatic rings. The third-order valence-electron chi connectivity index (χ3n) is 4.79. The Labute approximate surface area is 177 Å². The van der Waals surface area contributed by atoms with E-state index < -0.39 is 16.1 Å². The van der Waals surface area contributed by atoms with Crippen molar-refractivity contribution in [1.29, 1.82) is 0 Å². The second-order valence-electron chi connectivity index (χ2n) is 7.19. The molecule has 0 bridgehead atoms. The summed E-state index contributed by atoms with van der Waals surface area (Å²) in [6, 6.07) is 19.9. The summed E-state index contributed by atoms with van der Waals surface area (Å²) < 4.78 is 31.6. The molecule has 30 heavy (non-hydrogen) atoms. The fraction of sp³-hybridized carbons (Fsp3) is 0.261. The first-order valence-electron chi connectivity index (χ1n) is 9.72. The summed E-state index contributed by atoms with van der Waals surface area (Å²) in [5.74, 6) is 0.357. The summed E-state index contributed by atoms with van der Waals surface area (Å²) in [5.41, 5.74) is 1.47. The van der Waals surface area contributed by atoms with Gasteiger partial charge in [-0.1, -0.05) is 54.1 Å². The van der Waals surface area contributed by atoms with Gasteiger partial charge in [0.1, 0.15) is 18.4 Å².